The van der Waals surface area contributed by atoms with Crippen molar-refractivity contribution >= 4 is 22.9 Å². The van der Waals surface area contributed by atoms with Crippen molar-refractivity contribution in [3.05, 3.63) is 51.7 Å². The molecule has 1 N–H and O–H groups in total. The molecule has 1 fully saturated rings. The van der Waals surface area contributed by atoms with E-state index in [1.54, 1.807) is 25.6 Å². The van der Waals surface area contributed by atoms with Gasteiger partial charge in [-0.2, -0.15) is 0 Å². The number of methoxy groups -OCH3 is 2. The molecule has 1 aromatic carbocycles. The maximum absolute atomic E-state index is 11.3. The first-order chi connectivity index (χ1) is 14.0. The van der Waals surface area contributed by atoms with E-state index in [0.717, 1.165) is 37.9 Å². The minimum Gasteiger partial charge on any atom is -0.493 e. The predicted octanol–water partition coefficient (Wildman–Crippen LogP) is 4.69. The van der Waals surface area contributed by atoms with Gasteiger partial charge in [-0.25, -0.2) is 0 Å². The van der Waals surface area contributed by atoms with Gasteiger partial charge in [-0.3, -0.25) is 4.79 Å². The molecule has 3 rings (SSSR count). The van der Waals surface area contributed by atoms with Crippen molar-refractivity contribution in [1.29, 1.82) is 0 Å². The Hall–Kier alpha value is -2.31. The van der Waals surface area contributed by atoms with Crippen LogP contribution in [0, 0.1) is 12.8 Å². The summed E-state index contributed by atoms with van der Waals surface area (Å²) in [6.45, 7) is 4.61. The van der Waals surface area contributed by atoms with E-state index in [4.69, 9.17) is 9.47 Å². The van der Waals surface area contributed by atoms with Crippen molar-refractivity contribution < 1.29 is 19.4 Å². The number of carboxylic acid groups (broad SMARTS) is 1. The molecule has 6 heteroatoms. The summed E-state index contributed by atoms with van der Waals surface area (Å²) in [5, 5.41) is 11.4. The molecule has 1 atom stereocenters. The zero-order valence-electron chi connectivity index (χ0n) is 17.3. The van der Waals surface area contributed by atoms with Crippen molar-refractivity contribution in [2.24, 2.45) is 5.92 Å². The molecule has 1 aliphatic heterocycles. The maximum atomic E-state index is 11.3. The molecule has 0 radical (unpaired) electrons. The zero-order chi connectivity index (χ0) is 20.8. The summed E-state index contributed by atoms with van der Waals surface area (Å²) < 4.78 is 10.9. The van der Waals surface area contributed by atoms with E-state index < -0.39 is 5.97 Å². The predicted molar refractivity (Wildman–Crippen MR) is 117 cm³/mol. The number of hydrogen-bond donors (Lipinski definition) is 1. The minimum atomic E-state index is -0.675. The molecular weight excluding hydrogens is 386 g/mol. The Bertz CT molecular complexity index is 874. The molecular formula is C23H29NO4S. The smallest absolute Gasteiger partial charge is 0.307 e. The van der Waals surface area contributed by atoms with Gasteiger partial charge in [0.05, 0.1) is 20.1 Å². The third-order valence-electron chi connectivity index (χ3n) is 5.45. The highest BCUT2D eigenvalue weighted by atomic mass is 32.1. The van der Waals surface area contributed by atoms with Gasteiger partial charge in [0.2, 0.25) is 0 Å². The molecule has 0 spiro atoms. The number of rotatable bonds is 8. The number of carboxylic acids is 1. The van der Waals surface area contributed by atoms with Crippen molar-refractivity contribution in [2.45, 2.75) is 26.2 Å². The maximum Gasteiger partial charge on any atom is 0.307 e. The Morgan fingerprint density at radius 1 is 1.28 bits per heavy atom. The Morgan fingerprint density at radius 3 is 2.72 bits per heavy atom. The Labute approximate surface area is 176 Å². The highest BCUT2D eigenvalue weighted by molar-refractivity contribution is 7.11. The number of benzene rings is 1. The van der Waals surface area contributed by atoms with Gasteiger partial charge in [-0.15, -0.1) is 11.3 Å². The molecule has 0 aliphatic carbocycles. The lowest BCUT2D eigenvalue weighted by atomic mass is 9.97. The highest BCUT2D eigenvalue weighted by Crippen LogP contribution is 2.36. The minimum absolute atomic E-state index is 0.238. The Balaban J connectivity index is 1.81. The fraction of sp³-hybridized carbons (Fsp3) is 0.435. The van der Waals surface area contributed by atoms with Crippen LogP contribution in [0.4, 0.5) is 0 Å². The van der Waals surface area contributed by atoms with Gasteiger partial charge in [0.25, 0.3) is 0 Å². The molecule has 156 valence electrons. The SMILES string of the molecule is COc1ccc(C(=CCCN2CCCC(C(=O)O)C2)c2sccc2C)cc1OC. The lowest BCUT2D eigenvalue weighted by molar-refractivity contribution is -0.143. The van der Waals surface area contributed by atoms with Crippen molar-refractivity contribution in [2.75, 3.05) is 33.9 Å². The van der Waals surface area contributed by atoms with Gasteiger partial charge < -0.3 is 19.5 Å². The summed E-state index contributed by atoms with van der Waals surface area (Å²) in [5.41, 5.74) is 3.53. The lowest BCUT2D eigenvalue weighted by Gasteiger charge is -2.30. The van der Waals surface area contributed by atoms with Crippen LogP contribution in [-0.4, -0.2) is 49.8 Å². The van der Waals surface area contributed by atoms with E-state index in [0.29, 0.717) is 18.0 Å². The summed E-state index contributed by atoms with van der Waals surface area (Å²) in [7, 11) is 3.29. The van der Waals surface area contributed by atoms with Crippen LogP contribution in [0.3, 0.4) is 0 Å². The molecule has 29 heavy (non-hydrogen) atoms. The zero-order valence-corrected chi connectivity index (χ0v) is 18.1. The van der Waals surface area contributed by atoms with Gasteiger partial charge >= 0.3 is 5.97 Å². The largest absolute Gasteiger partial charge is 0.493 e. The quantitative estimate of drug-likeness (QED) is 0.678. The van der Waals surface area contributed by atoms with Gasteiger partial charge in [-0.05, 0) is 73.0 Å². The number of piperidine rings is 1. The molecule has 0 bridgehead atoms. The first-order valence-corrected chi connectivity index (χ1v) is 10.8. The van der Waals surface area contributed by atoms with E-state index in [-0.39, 0.29) is 5.92 Å². The van der Waals surface area contributed by atoms with Crippen LogP contribution >= 0.6 is 11.3 Å². The topological polar surface area (TPSA) is 59.0 Å². The average Bonchev–Trinajstić information content (AvgIpc) is 3.16. The third kappa shape index (κ3) is 5.19. The number of aliphatic carboxylic acids is 1. The van der Waals surface area contributed by atoms with Crippen molar-refractivity contribution in [1.82, 2.24) is 4.90 Å². The van der Waals surface area contributed by atoms with Crippen LogP contribution in [0.5, 0.6) is 11.5 Å². The number of thiophene rings is 1. The number of nitrogens with zero attached hydrogens (tertiary/aromatic N) is 1. The van der Waals surface area contributed by atoms with Crippen LogP contribution < -0.4 is 9.47 Å². The highest BCUT2D eigenvalue weighted by Gasteiger charge is 2.24. The van der Waals surface area contributed by atoms with E-state index in [1.807, 2.05) is 12.1 Å². The molecule has 0 saturated carbocycles. The number of carbonyl (C=O) groups is 1. The van der Waals surface area contributed by atoms with Crippen LogP contribution in [-0.2, 0) is 4.79 Å². The summed E-state index contributed by atoms with van der Waals surface area (Å²) in [4.78, 5) is 14.8. The monoisotopic (exact) mass is 415 g/mol. The van der Waals surface area contributed by atoms with E-state index in [1.165, 1.54) is 16.0 Å². The number of aryl methyl sites for hydroxylation is 1. The fourth-order valence-corrected chi connectivity index (χ4v) is 4.84. The lowest BCUT2D eigenvalue weighted by Crippen LogP contribution is -2.39. The van der Waals surface area contributed by atoms with E-state index in [9.17, 15) is 9.90 Å². The fourth-order valence-electron chi connectivity index (χ4n) is 3.85. The van der Waals surface area contributed by atoms with Crippen LogP contribution in [0.15, 0.2) is 35.7 Å². The second kappa shape index (κ2) is 9.94. The second-order valence-corrected chi connectivity index (χ2v) is 8.30. The van der Waals surface area contributed by atoms with Gasteiger partial charge in [0, 0.05) is 18.0 Å². The molecule has 1 unspecified atom stereocenters. The number of ether oxygens (including phenoxy) is 2. The number of hydrogen-bond acceptors (Lipinski definition) is 5. The average molecular weight is 416 g/mol. The summed E-state index contributed by atoms with van der Waals surface area (Å²) >= 11 is 1.73. The van der Waals surface area contributed by atoms with E-state index >= 15 is 0 Å². The van der Waals surface area contributed by atoms with Gasteiger partial charge in [0.1, 0.15) is 0 Å². The van der Waals surface area contributed by atoms with Crippen LogP contribution in [0.2, 0.25) is 0 Å². The van der Waals surface area contributed by atoms with Gasteiger partial charge in [-0.1, -0.05) is 12.1 Å². The first-order valence-electron chi connectivity index (χ1n) is 9.95. The number of likely N-dealkylation sites (tertiary alicyclic amines) is 1. The van der Waals surface area contributed by atoms with Crippen molar-refractivity contribution in [3.63, 3.8) is 0 Å². The van der Waals surface area contributed by atoms with Crippen molar-refractivity contribution in [3.8, 4) is 11.5 Å². The molecule has 5 nitrogen and oxygen atoms in total. The first kappa shape index (κ1) is 21.4. The van der Waals surface area contributed by atoms with Gasteiger partial charge in [0.15, 0.2) is 11.5 Å². The summed E-state index contributed by atoms with van der Waals surface area (Å²) in [6, 6.07) is 8.16. The van der Waals surface area contributed by atoms with Crippen LogP contribution in [0.1, 0.15) is 35.3 Å². The molecule has 1 aliphatic rings. The summed E-state index contributed by atoms with van der Waals surface area (Å²) in [5.74, 6) is 0.514. The van der Waals surface area contributed by atoms with Crippen LogP contribution in [0.25, 0.3) is 5.57 Å². The summed E-state index contributed by atoms with van der Waals surface area (Å²) in [6.07, 6.45) is 4.87. The molecule has 1 saturated heterocycles. The second-order valence-electron chi connectivity index (χ2n) is 7.39. The molecule has 2 heterocycles. The third-order valence-corrected chi connectivity index (χ3v) is 6.50. The molecule has 0 amide bonds. The molecule has 2 aromatic rings. The Kier molecular flexibility index (Phi) is 7.34. The standard InChI is InChI=1S/C23H29NO4S/c1-16-10-13-29-22(16)19(17-8-9-20(27-2)21(14-17)28-3)7-5-12-24-11-4-6-18(15-24)23(25)26/h7-10,13-14,18H,4-6,11-12,15H2,1-3H3,(H,25,26). The molecule has 1 aromatic heterocycles. The normalized spacial score (nSPS) is 17.9. The van der Waals surface area contributed by atoms with E-state index in [2.05, 4.69) is 35.4 Å². The Morgan fingerprint density at radius 2 is 2.07 bits per heavy atom.